The van der Waals surface area contributed by atoms with Gasteiger partial charge in [0, 0.05) is 25.0 Å². The Morgan fingerprint density at radius 2 is 2.21 bits per heavy atom. The molecule has 0 aliphatic carbocycles. The van der Waals surface area contributed by atoms with Crippen LogP contribution < -0.4 is 5.32 Å². The van der Waals surface area contributed by atoms with Gasteiger partial charge in [0.15, 0.2) is 0 Å². The van der Waals surface area contributed by atoms with E-state index in [0.29, 0.717) is 18.0 Å². The number of hydrogen-bond donors (Lipinski definition) is 1. The zero-order chi connectivity index (χ0) is 9.26. The molecule has 2 atom stereocenters. The Labute approximate surface area is 91.6 Å². The summed E-state index contributed by atoms with van der Waals surface area (Å²) in [5.74, 6) is 0.362. The molecule has 14 heavy (non-hydrogen) atoms. The highest BCUT2D eigenvalue weighted by molar-refractivity contribution is 5.85. The summed E-state index contributed by atoms with van der Waals surface area (Å²) >= 11 is 0. The van der Waals surface area contributed by atoms with Crippen LogP contribution in [0.1, 0.15) is 32.6 Å². The average Bonchev–Trinajstić information content (AvgIpc) is 2.48. The summed E-state index contributed by atoms with van der Waals surface area (Å²) in [5.41, 5.74) is 0. The number of halogens is 1. The Morgan fingerprint density at radius 1 is 1.43 bits per heavy atom. The maximum absolute atomic E-state index is 11.6. The summed E-state index contributed by atoms with van der Waals surface area (Å²) in [5, 5.41) is 3.36. The second-order valence-corrected chi connectivity index (χ2v) is 4.19. The van der Waals surface area contributed by atoms with Gasteiger partial charge in [-0.1, -0.05) is 0 Å². The van der Waals surface area contributed by atoms with Crippen LogP contribution in [-0.2, 0) is 4.79 Å². The van der Waals surface area contributed by atoms with Crippen molar-refractivity contribution in [3.05, 3.63) is 0 Å². The standard InChI is InChI=1S/C10H18N2O.ClH/c1-8-4-5-10(13)12(8)9-3-2-6-11-7-9;/h8-9,11H,2-7H2,1H3;1H. The molecule has 2 aliphatic rings. The van der Waals surface area contributed by atoms with Gasteiger partial charge in [-0.2, -0.15) is 0 Å². The largest absolute Gasteiger partial charge is 0.336 e. The summed E-state index contributed by atoms with van der Waals surface area (Å²) < 4.78 is 0. The number of piperidine rings is 1. The summed E-state index contributed by atoms with van der Waals surface area (Å²) in [7, 11) is 0. The highest BCUT2D eigenvalue weighted by Crippen LogP contribution is 2.23. The Kier molecular flexibility index (Phi) is 4.20. The van der Waals surface area contributed by atoms with Crippen molar-refractivity contribution in [1.29, 1.82) is 0 Å². The molecule has 2 fully saturated rings. The molecule has 3 nitrogen and oxygen atoms in total. The lowest BCUT2D eigenvalue weighted by Gasteiger charge is -2.34. The van der Waals surface area contributed by atoms with Crippen LogP contribution in [0, 0.1) is 0 Å². The van der Waals surface area contributed by atoms with Crippen molar-refractivity contribution >= 4 is 18.3 Å². The minimum Gasteiger partial charge on any atom is -0.336 e. The van der Waals surface area contributed by atoms with E-state index in [4.69, 9.17) is 0 Å². The Balaban J connectivity index is 0.000000980. The molecule has 0 saturated carbocycles. The van der Waals surface area contributed by atoms with E-state index < -0.39 is 0 Å². The molecular formula is C10H19ClN2O. The number of amides is 1. The van der Waals surface area contributed by atoms with Gasteiger partial charge in [0.25, 0.3) is 0 Å². The van der Waals surface area contributed by atoms with E-state index in [0.717, 1.165) is 25.9 Å². The van der Waals surface area contributed by atoms with E-state index in [1.54, 1.807) is 0 Å². The molecule has 0 radical (unpaired) electrons. The predicted octanol–water partition coefficient (Wildman–Crippen LogP) is 1.17. The van der Waals surface area contributed by atoms with Crippen LogP contribution in [0.5, 0.6) is 0 Å². The number of nitrogens with one attached hydrogen (secondary N) is 1. The minimum absolute atomic E-state index is 0. The topological polar surface area (TPSA) is 32.3 Å². The van der Waals surface area contributed by atoms with Crippen LogP contribution in [0.25, 0.3) is 0 Å². The van der Waals surface area contributed by atoms with E-state index >= 15 is 0 Å². The van der Waals surface area contributed by atoms with Gasteiger partial charge in [-0.05, 0) is 32.7 Å². The Bertz CT molecular complexity index is 204. The van der Waals surface area contributed by atoms with Crippen molar-refractivity contribution in [2.45, 2.75) is 44.7 Å². The van der Waals surface area contributed by atoms with Crippen LogP contribution in [0.4, 0.5) is 0 Å². The summed E-state index contributed by atoms with van der Waals surface area (Å²) in [6, 6.07) is 0.941. The van der Waals surface area contributed by atoms with E-state index in [1.165, 1.54) is 12.8 Å². The Hall–Kier alpha value is -0.280. The maximum atomic E-state index is 11.6. The summed E-state index contributed by atoms with van der Waals surface area (Å²) in [6.45, 7) is 4.28. The van der Waals surface area contributed by atoms with Gasteiger partial charge < -0.3 is 10.2 Å². The molecule has 0 aromatic rings. The first-order valence-corrected chi connectivity index (χ1v) is 5.31. The highest BCUT2D eigenvalue weighted by Gasteiger charge is 2.33. The van der Waals surface area contributed by atoms with Gasteiger partial charge in [-0.15, -0.1) is 12.4 Å². The average molecular weight is 219 g/mol. The lowest BCUT2D eigenvalue weighted by atomic mass is 10.1. The van der Waals surface area contributed by atoms with Crippen LogP contribution in [0.15, 0.2) is 0 Å². The van der Waals surface area contributed by atoms with E-state index in [-0.39, 0.29) is 12.4 Å². The summed E-state index contributed by atoms with van der Waals surface area (Å²) in [6.07, 6.45) is 4.21. The molecule has 0 spiro atoms. The quantitative estimate of drug-likeness (QED) is 0.717. The van der Waals surface area contributed by atoms with Gasteiger partial charge >= 0.3 is 0 Å². The molecule has 2 saturated heterocycles. The van der Waals surface area contributed by atoms with Crippen LogP contribution in [0.3, 0.4) is 0 Å². The minimum atomic E-state index is 0. The molecule has 1 amide bonds. The van der Waals surface area contributed by atoms with E-state index in [1.807, 2.05) is 0 Å². The van der Waals surface area contributed by atoms with Crippen molar-refractivity contribution in [2.24, 2.45) is 0 Å². The number of rotatable bonds is 1. The highest BCUT2D eigenvalue weighted by atomic mass is 35.5. The van der Waals surface area contributed by atoms with Gasteiger partial charge in [-0.25, -0.2) is 0 Å². The van der Waals surface area contributed by atoms with Crippen LogP contribution in [-0.4, -0.2) is 36.0 Å². The molecule has 82 valence electrons. The van der Waals surface area contributed by atoms with Crippen LogP contribution in [0.2, 0.25) is 0 Å². The molecular weight excluding hydrogens is 200 g/mol. The molecule has 0 aromatic heterocycles. The molecule has 2 heterocycles. The second kappa shape index (κ2) is 4.99. The second-order valence-electron chi connectivity index (χ2n) is 4.19. The van der Waals surface area contributed by atoms with Gasteiger partial charge in [0.1, 0.15) is 0 Å². The maximum Gasteiger partial charge on any atom is 0.223 e. The lowest BCUT2D eigenvalue weighted by molar-refractivity contribution is -0.131. The molecule has 2 unspecified atom stereocenters. The lowest BCUT2D eigenvalue weighted by Crippen LogP contribution is -2.49. The SMILES string of the molecule is CC1CCC(=O)N1C1CCCNC1.Cl. The van der Waals surface area contributed by atoms with Crippen molar-refractivity contribution in [3.8, 4) is 0 Å². The third-order valence-corrected chi connectivity index (χ3v) is 3.20. The summed E-state index contributed by atoms with van der Waals surface area (Å²) in [4.78, 5) is 13.7. The first-order chi connectivity index (χ1) is 6.29. The van der Waals surface area contributed by atoms with Crippen molar-refractivity contribution in [3.63, 3.8) is 0 Å². The Morgan fingerprint density at radius 3 is 2.71 bits per heavy atom. The number of carbonyl (C=O) groups is 1. The monoisotopic (exact) mass is 218 g/mol. The van der Waals surface area contributed by atoms with Crippen molar-refractivity contribution in [1.82, 2.24) is 10.2 Å². The number of carbonyl (C=O) groups excluding carboxylic acids is 1. The van der Waals surface area contributed by atoms with Crippen molar-refractivity contribution < 1.29 is 4.79 Å². The number of hydrogen-bond acceptors (Lipinski definition) is 2. The molecule has 0 aromatic carbocycles. The molecule has 2 rings (SSSR count). The number of likely N-dealkylation sites (tertiary alicyclic amines) is 1. The van der Waals surface area contributed by atoms with E-state index in [9.17, 15) is 4.79 Å². The smallest absolute Gasteiger partial charge is 0.223 e. The molecule has 1 N–H and O–H groups in total. The molecule has 4 heteroatoms. The number of nitrogens with zero attached hydrogens (tertiary/aromatic N) is 1. The third kappa shape index (κ3) is 2.20. The molecule has 2 aliphatic heterocycles. The predicted molar refractivity (Wildman–Crippen MR) is 58.7 cm³/mol. The first-order valence-electron chi connectivity index (χ1n) is 5.31. The van der Waals surface area contributed by atoms with Gasteiger partial charge in [-0.3, -0.25) is 4.79 Å². The van der Waals surface area contributed by atoms with Crippen molar-refractivity contribution in [2.75, 3.05) is 13.1 Å². The zero-order valence-electron chi connectivity index (χ0n) is 8.66. The fourth-order valence-electron chi connectivity index (χ4n) is 2.48. The molecule has 0 bridgehead atoms. The van der Waals surface area contributed by atoms with E-state index in [2.05, 4.69) is 17.1 Å². The van der Waals surface area contributed by atoms with Gasteiger partial charge in [0.05, 0.1) is 0 Å². The normalized spacial score (nSPS) is 32.9. The third-order valence-electron chi connectivity index (χ3n) is 3.20. The fourth-order valence-corrected chi connectivity index (χ4v) is 2.48. The first kappa shape index (κ1) is 11.8. The zero-order valence-corrected chi connectivity index (χ0v) is 9.48. The van der Waals surface area contributed by atoms with Crippen LogP contribution >= 0.6 is 12.4 Å². The van der Waals surface area contributed by atoms with Gasteiger partial charge in [0.2, 0.25) is 5.91 Å². The fraction of sp³-hybridized carbons (Fsp3) is 0.900.